The van der Waals surface area contributed by atoms with Gasteiger partial charge in [0.15, 0.2) is 0 Å². The van der Waals surface area contributed by atoms with Gasteiger partial charge in [-0.1, -0.05) is 26.0 Å². The minimum absolute atomic E-state index is 0.0270. The first-order valence-corrected chi connectivity index (χ1v) is 7.19. The first-order chi connectivity index (χ1) is 9.65. The van der Waals surface area contributed by atoms with Crippen LogP contribution in [0.3, 0.4) is 0 Å². The van der Waals surface area contributed by atoms with E-state index in [2.05, 4.69) is 18.7 Å². The fourth-order valence-corrected chi connectivity index (χ4v) is 2.35. The van der Waals surface area contributed by atoms with E-state index in [1.165, 1.54) is 0 Å². The van der Waals surface area contributed by atoms with Gasteiger partial charge in [-0.15, -0.1) is 0 Å². The summed E-state index contributed by atoms with van der Waals surface area (Å²) in [6, 6.07) is 7.91. The Kier molecular flexibility index (Phi) is 7.09. The highest BCUT2D eigenvalue weighted by molar-refractivity contribution is 5.70. The third kappa shape index (κ3) is 4.53. The van der Waals surface area contributed by atoms with Crippen molar-refractivity contribution in [3.8, 4) is 5.75 Å². The lowest BCUT2D eigenvalue weighted by Gasteiger charge is -2.29. The van der Waals surface area contributed by atoms with Crippen LogP contribution in [0.5, 0.6) is 5.75 Å². The molecular weight excluding hydrogens is 254 g/mol. The summed E-state index contributed by atoms with van der Waals surface area (Å²) in [5.74, 6) is 0.649. The molecule has 0 aliphatic carbocycles. The number of benzene rings is 1. The van der Waals surface area contributed by atoms with E-state index in [1.54, 1.807) is 7.11 Å². The van der Waals surface area contributed by atoms with Crippen molar-refractivity contribution in [3.63, 3.8) is 0 Å². The largest absolute Gasteiger partial charge is 0.497 e. The van der Waals surface area contributed by atoms with Crippen LogP contribution in [0, 0.1) is 0 Å². The number of hydrogen-bond acceptors (Lipinski definition) is 4. The Labute approximate surface area is 121 Å². The quantitative estimate of drug-likeness (QED) is 0.686. The molecule has 0 radical (unpaired) electrons. The smallest absolute Gasteiger partial charge is 0.307 e. The van der Waals surface area contributed by atoms with E-state index in [-0.39, 0.29) is 12.0 Å². The van der Waals surface area contributed by atoms with Crippen LogP contribution < -0.4 is 4.74 Å². The molecule has 112 valence electrons. The predicted octanol–water partition coefficient (Wildman–Crippen LogP) is 3.03. The lowest BCUT2D eigenvalue weighted by molar-refractivity contribution is -0.144. The van der Waals surface area contributed by atoms with Crippen molar-refractivity contribution in [1.29, 1.82) is 0 Å². The Morgan fingerprint density at radius 2 is 1.95 bits per heavy atom. The highest BCUT2D eigenvalue weighted by atomic mass is 16.5. The van der Waals surface area contributed by atoms with Crippen LogP contribution in [-0.2, 0) is 9.53 Å². The van der Waals surface area contributed by atoms with Gasteiger partial charge in [0.2, 0.25) is 0 Å². The van der Waals surface area contributed by atoms with Crippen LogP contribution in [0.1, 0.15) is 38.8 Å². The van der Waals surface area contributed by atoms with Crippen LogP contribution in [-0.4, -0.2) is 37.7 Å². The fraction of sp³-hybridized carbons (Fsp3) is 0.562. The first-order valence-electron chi connectivity index (χ1n) is 7.19. The van der Waals surface area contributed by atoms with Crippen LogP contribution >= 0.6 is 0 Å². The van der Waals surface area contributed by atoms with Gasteiger partial charge < -0.3 is 9.47 Å². The van der Waals surface area contributed by atoms with Crippen LogP contribution in [0.2, 0.25) is 0 Å². The van der Waals surface area contributed by atoms with Gasteiger partial charge in [0.1, 0.15) is 5.75 Å². The topological polar surface area (TPSA) is 38.8 Å². The number of carbonyl (C=O) groups is 1. The maximum absolute atomic E-state index is 11.8. The zero-order chi connectivity index (χ0) is 15.0. The Hall–Kier alpha value is -1.55. The second kappa shape index (κ2) is 8.59. The number of methoxy groups -OCH3 is 1. The molecule has 0 saturated heterocycles. The second-order valence-electron chi connectivity index (χ2n) is 4.52. The van der Waals surface area contributed by atoms with E-state index < -0.39 is 0 Å². The molecule has 1 unspecified atom stereocenters. The Morgan fingerprint density at radius 3 is 2.50 bits per heavy atom. The van der Waals surface area contributed by atoms with E-state index in [1.807, 2.05) is 31.2 Å². The summed E-state index contributed by atoms with van der Waals surface area (Å²) >= 11 is 0. The third-order valence-corrected chi connectivity index (χ3v) is 3.40. The van der Waals surface area contributed by atoms with Crippen molar-refractivity contribution < 1.29 is 14.3 Å². The summed E-state index contributed by atoms with van der Waals surface area (Å²) < 4.78 is 10.4. The zero-order valence-corrected chi connectivity index (χ0v) is 12.9. The lowest BCUT2D eigenvalue weighted by Crippen LogP contribution is -2.30. The number of esters is 1. The number of hydrogen-bond donors (Lipinski definition) is 0. The summed E-state index contributed by atoms with van der Waals surface area (Å²) in [6.45, 7) is 8.22. The molecule has 0 fully saturated rings. The summed E-state index contributed by atoms with van der Waals surface area (Å²) in [5.41, 5.74) is 1.08. The summed E-state index contributed by atoms with van der Waals surface area (Å²) in [4.78, 5) is 14.1. The molecule has 1 rings (SSSR count). The van der Waals surface area contributed by atoms with E-state index in [0.29, 0.717) is 13.0 Å². The number of rotatable bonds is 8. The second-order valence-corrected chi connectivity index (χ2v) is 4.52. The average molecular weight is 279 g/mol. The van der Waals surface area contributed by atoms with Gasteiger partial charge in [0.25, 0.3) is 0 Å². The number of ether oxygens (including phenoxy) is 2. The molecule has 0 aliphatic heterocycles. The maximum atomic E-state index is 11.8. The van der Waals surface area contributed by atoms with Gasteiger partial charge in [-0.3, -0.25) is 9.69 Å². The molecule has 0 aromatic heterocycles. The van der Waals surface area contributed by atoms with Gasteiger partial charge in [0.05, 0.1) is 20.1 Å². The van der Waals surface area contributed by atoms with E-state index >= 15 is 0 Å². The van der Waals surface area contributed by atoms with Gasteiger partial charge >= 0.3 is 5.97 Å². The van der Waals surface area contributed by atoms with Crippen molar-refractivity contribution in [1.82, 2.24) is 4.90 Å². The van der Waals surface area contributed by atoms with Crippen molar-refractivity contribution in [2.45, 2.75) is 33.2 Å². The van der Waals surface area contributed by atoms with Gasteiger partial charge in [-0.05, 0) is 37.7 Å². The minimum atomic E-state index is -0.160. The number of nitrogens with zero attached hydrogens (tertiary/aromatic N) is 1. The number of carbonyl (C=O) groups excluding carboxylic acids is 1. The molecule has 20 heavy (non-hydrogen) atoms. The standard InChI is InChI=1S/C16H25NO3/c1-5-17(6-2)15(12-16(18)20-7-3)13-9-8-10-14(11-13)19-4/h8-11,15H,5-7,12H2,1-4H3. The lowest BCUT2D eigenvalue weighted by atomic mass is 10.0. The maximum Gasteiger partial charge on any atom is 0.307 e. The monoisotopic (exact) mass is 279 g/mol. The Balaban J connectivity index is 2.98. The fourth-order valence-electron chi connectivity index (χ4n) is 2.35. The molecule has 1 atom stereocenters. The molecule has 0 N–H and O–H groups in total. The van der Waals surface area contributed by atoms with Gasteiger partial charge in [-0.2, -0.15) is 0 Å². The van der Waals surface area contributed by atoms with Crippen LogP contribution in [0.4, 0.5) is 0 Å². The molecule has 4 nitrogen and oxygen atoms in total. The molecular formula is C16H25NO3. The molecule has 0 saturated carbocycles. The summed E-state index contributed by atoms with van der Waals surface area (Å²) in [6.07, 6.45) is 0.364. The predicted molar refractivity (Wildman–Crippen MR) is 79.9 cm³/mol. The van der Waals surface area contributed by atoms with Crippen molar-refractivity contribution >= 4 is 5.97 Å². The Bertz CT molecular complexity index is 416. The normalized spacial score (nSPS) is 12.2. The molecule has 4 heteroatoms. The van der Waals surface area contributed by atoms with E-state index in [4.69, 9.17) is 9.47 Å². The van der Waals surface area contributed by atoms with E-state index in [0.717, 1.165) is 24.4 Å². The van der Waals surface area contributed by atoms with Crippen molar-refractivity contribution in [2.75, 3.05) is 26.8 Å². The minimum Gasteiger partial charge on any atom is -0.497 e. The molecule has 1 aromatic rings. The molecule has 0 amide bonds. The highest BCUT2D eigenvalue weighted by Gasteiger charge is 2.22. The molecule has 0 spiro atoms. The molecule has 1 aromatic carbocycles. The highest BCUT2D eigenvalue weighted by Crippen LogP contribution is 2.27. The zero-order valence-electron chi connectivity index (χ0n) is 12.9. The SMILES string of the molecule is CCOC(=O)CC(c1cccc(OC)c1)N(CC)CC. The van der Waals surface area contributed by atoms with Crippen LogP contribution in [0.15, 0.2) is 24.3 Å². The van der Waals surface area contributed by atoms with E-state index in [9.17, 15) is 4.79 Å². The summed E-state index contributed by atoms with van der Waals surface area (Å²) in [7, 11) is 1.65. The van der Waals surface area contributed by atoms with Crippen molar-refractivity contribution in [2.24, 2.45) is 0 Å². The molecule has 0 heterocycles. The molecule has 0 aliphatic rings. The average Bonchev–Trinajstić information content (AvgIpc) is 2.47. The van der Waals surface area contributed by atoms with Gasteiger partial charge in [0, 0.05) is 6.04 Å². The Morgan fingerprint density at radius 1 is 1.25 bits per heavy atom. The third-order valence-electron chi connectivity index (χ3n) is 3.40. The van der Waals surface area contributed by atoms with Crippen LogP contribution in [0.25, 0.3) is 0 Å². The van der Waals surface area contributed by atoms with Crippen molar-refractivity contribution in [3.05, 3.63) is 29.8 Å². The molecule has 0 bridgehead atoms. The van der Waals surface area contributed by atoms with Gasteiger partial charge in [-0.25, -0.2) is 0 Å². The first kappa shape index (κ1) is 16.5. The summed E-state index contributed by atoms with van der Waals surface area (Å²) in [5, 5.41) is 0.